The van der Waals surface area contributed by atoms with Gasteiger partial charge >= 0.3 is 0 Å². The normalized spacial score (nSPS) is 22.6. The Morgan fingerprint density at radius 3 is 2.23 bits per heavy atom. The van der Waals surface area contributed by atoms with Crippen molar-refractivity contribution in [2.75, 3.05) is 31.5 Å². The van der Waals surface area contributed by atoms with Crippen LogP contribution in [-0.2, 0) is 10.2 Å². The van der Waals surface area contributed by atoms with Crippen LogP contribution < -0.4 is 24.4 Å². The van der Waals surface area contributed by atoms with E-state index in [-0.39, 0.29) is 17.5 Å². The number of methoxy groups -OCH3 is 3. The molecule has 0 radical (unpaired) electrons. The number of carbonyl (C=O) groups is 3. The molecule has 7 rings (SSSR count). The molecule has 4 aromatic rings. The summed E-state index contributed by atoms with van der Waals surface area (Å²) < 4.78 is 16.3. The lowest BCUT2D eigenvalue weighted by Gasteiger charge is -2.37. The monoisotopic (exact) mass is 586 g/mol. The molecule has 0 bridgehead atoms. The van der Waals surface area contributed by atoms with Crippen molar-refractivity contribution in [3.8, 4) is 17.2 Å². The Bertz CT molecular complexity index is 1850. The highest BCUT2D eigenvalue weighted by Gasteiger charge is 2.70. The standard InChI is InChI=1S/C36H30N2O6/c1-42-24-16-12-22(13-17-24)33(39)31-32(34(40)23-14-18-28(43-2)29(20-23)44-3)38-27-11-7-4-8-21(27)15-19-30(38)36(31)25-9-5-6-10-26(25)37-35(36)41/h4-20,30-32H,1-3H3,(H,37,41)/t30-,31+,32-,36-/m1/s1. The van der Waals surface area contributed by atoms with Gasteiger partial charge in [0.25, 0.3) is 0 Å². The number of benzene rings is 4. The van der Waals surface area contributed by atoms with Gasteiger partial charge in [0.05, 0.1) is 33.3 Å². The largest absolute Gasteiger partial charge is 0.497 e. The van der Waals surface area contributed by atoms with E-state index in [1.54, 1.807) is 49.6 Å². The SMILES string of the molecule is COc1ccc(C(=O)[C@@H]2[C@H](C(=O)c3ccc(OC)c(OC)c3)N3c4ccccc4C=C[C@@H]3[C@@]23C(=O)Nc2ccccc23)cc1. The molecule has 1 N–H and O–H groups in total. The lowest BCUT2D eigenvalue weighted by molar-refractivity contribution is -0.121. The molecule has 1 spiro atoms. The van der Waals surface area contributed by atoms with E-state index in [9.17, 15) is 14.4 Å². The number of anilines is 2. The Kier molecular flexibility index (Phi) is 6.50. The molecule has 8 heteroatoms. The van der Waals surface area contributed by atoms with Crippen molar-refractivity contribution >= 4 is 34.9 Å². The molecule has 220 valence electrons. The third kappa shape index (κ3) is 3.80. The summed E-state index contributed by atoms with van der Waals surface area (Å²) in [5, 5.41) is 3.05. The summed E-state index contributed by atoms with van der Waals surface area (Å²) in [4.78, 5) is 46.3. The number of amides is 1. The number of para-hydroxylation sites is 2. The zero-order valence-electron chi connectivity index (χ0n) is 24.4. The molecule has 3 aliphatic heterocycles. The van der Waals surface area contributed by atoms with Crippen LogP contribution in [0.5, 0.6) is 17.2 Å². The zero-order valence-corrected chi connectivity index (χ0v) is 24.4. The number of carbonyl (C=O) groups excluding carboxylic acids is 3. The van der Waals surface area contributed by atoms with Crippen LogP contribution in [0.25, 0.3) is 6.08 Å². The molecule has 4 atom stereocenters. The Labute approximate surface area is 254 Å². The first kappa shape index (κ1) is 27.5. The van der Waals surface area contributed by atoms with Crippen LogP contribution in [0.1, 0.15) is 31.8 Å². The average molecular weight is 587 g/mol. The second-order valence-electron chi connectivity index (χ2n) is 11.1. The third-order valence-corrected chi connectivity index (χ3v) is 9.14. The summed E-state index contributed by atoms with van der Waals surface area (Å²) in [7, 11) is 4.59. The van der Waals surface area contributed by atoms with Gasteiger partial charge in [-0.15, -0.1) is 0 Å². The predicted molar refractivity (Wildman–Crippen MR) is 167 cm³/mol. The van der Waals surface area contributed by atoms with E-state index < -0.39 is 23.4 Å². The first-order valence-electron chi connectivity index (χ1n) is 14.3. The van der Waals surface area contributed by atoms with Crippen molar-refractivity contribution in [1.82, 2.24) is 0 Å². The van der Waals surface area contributed by atoms with Crippen LogP contribution in [0.2, 0.25) is 0 Å². The lowest BCUT2D eigenvalue weighted by atomic mass is 9.64. The maximum absolute atomic E-state index is 14.9. The van der Waals surface area contributed by atoms with Crippen LogP contribution >= 0.6 is 0 Å². The van der Waals surface area contributed by atoms with Gasteiger partial charge in [0.2, 0.25) is 5.91 Å². The molecule has 8 nitrogen and oxygen atoms in total. The van der Waals surface area contributed by atoms with Crippen molar-refractivity contribution in [2.45, 2.75) is 17.5 Å². The van der Waals surface area contributed by atoms with Crippen LogP contribution in [0.4, 0.5) is 11.4 Å². The molecule has 0 aromatic heterocycles. The Hall–Kier alpha value is -5.37. The second kappa shape index (κ2) is 10.4. The molecular formula is C36H30N2O6. The number of rotatable bonds is 7. The van der Waals surface area contributed by atoms with E-state index in [1.807, 2.05) is 65.6 Å². The predicted octanol–water partition coefficient (Wildman–Crippen LogP) is 5.57. The maximum Gasteiger partial charge on any atom is 0.238 e. The van der Waals surface area contributed by atoms with E-state index in [4.69, 9.17) is 14.2 Å². The smallest absolute Gasteiger partial charge is 0.238 e. The quantitative estimate of drug-likeness (QED) is 0.283. The average Bonchev–Trinajstić information content (AvgIpc) is 3.55. The minimum Gasteiger partial charge on any atom is -0.497 e. The van der Waals surface area contributed by atoms with Crippen LogP contribution in [-0.4, -0.2) is 50.9 Å². The van der Waals surface area contributed by atoms with Gasteiger partial charge in [-0.05, 0) is 65.7 Å². The zero-order chi connectivity index (χ0) is 30.6. The fourth-order valence-corrected chi connectivity index (χ4v) is 7.21. The van der Waals surface area contributed by atoms with Crippen LogP contribution in [0.3, 0.4) is 0 Å². The van der Waals surface area contributed by atoms with E-state index in [0.717, 1.165) is 11.3 Å². The first-order valence-corrected chi connectivity index (χ1v) is 14.3. The number of hydrogen-bond acceptors (Lipinski definition) is 7. The molecule has 44 heavy (non-hydrogen) atoms. The van der Waals surface area contributed by atoms with Gasteiger partial charge in [0.15, 0.2) is 23.1 Å². The maximum atomic E-state index is 14.9. The Morgan fingerprint density at radius 1 is 0.773 bits per heavy atom. The molecule has 4 aromatic carbocycles. The number of nitrogens with zero attached hydrogens (tertiary/aromatic N) is 1. The molecule has 0 saturated carbocycles. The van der Waals surface area contributed by atoms with Crippen molar-refractivity contribution in [1.29, 1.82) is 0 Å². The third-order valence-electron chi connectivity index (χ3n) is 9.14. The van der Waals surface area contributed by atoms with Crippen molar-refractivity contribution in [3.63, 3.8) is 0 Å². The fourth-order valence-electron chi connectivity index (χ4n) is 7.21. The molecule has 0 unspecified atom stereocenters. The Balaban J connectivity index is 1.51. The van der Waals surface area contributed by atoms with Gasteiger partial charge in [-0.1, -0.05) is 48.6 Å². The van der Waals surface area contributed by atoms with Gasteiger partial charge in [0.1, 0.15) is 17.2 Å². The van der Waals surface area contributed by atoms with E-state index in [2.05, 4.69) is 5.32 Å². The highest BCUT2D eigenvalue weighted by atomic mass is 16.5. The fraction of sp³-hybridized carbons (Fsp3) is 0.194. The van der Waals surface area contributed by atoms with Gasteiger partial charge in [0, 0.05) is 22.5 Å². The molecule has 1 fully saturated rings. The minimum atomic E-state index is -1.39. The highest BCUT2D eigenvalue weighted by molar-refractivity contribution is 6.18. The van der Waals surface area contributed by atoms with Crippen molar-refractivity contribution in [2.24, 2.45) is 5.92 Å². The van der Waals surface area contributed by atoms with E-state index in [0.29, 0.717) is 39.6 Å². The van der Waals surface area contributed by atoms with E-state index in [1.165, 1.54) is 14.2 Å². The Morgan fingerprint density at radius 2 is 1.48 bits per heavy atom. The number of ether oxygens (including phenoxy) is 3. The summed E-state index contributed by atoms with van der Waals surface area (Å²) in [5.41, 5.74) is 2.34. The molecule has 1 amide bonds. The van der Waals surface area contributed by atoms with Crippen LogP contribution in [0.15, 0.2) is 97.1 Å². The molecule has 3 aliphatic rings. The second-order valence-corrected chi connectivity index (χ2v) is 11.1. The summed E-state index contributed by atoms with van der Waals surface area (Å²) in [6.45, 7) is 0. The highest BCUT2D eigenvalue weighted by Crippen LogP contribution is 2.58. The van der Waals surface area contributed by atoms with Gasteiger partial charge < -0.3 is 24.4 Å². The number of hydrogen-bond donors (Lipinski definition) is 1. The topological polar surface area (TPSA) is 94.2 Å². The van der Waals surface area contributed by atoms with Gasteiger partial charge in [-0.25, -0.2) is 0 Å². The molecular weight excluding hydrogens is 556 g/mol. The number of Topliss-reactive ketones (excluding diaryl/α,β-unsaturated/α-hetero) is 2. The minimum absolute atomic E-state index is 0.304. The molecule has 3 heterocycles. The molecule has 0 aliphatic carbocycles. The first-order chi connectivity index (χ1) is 21.4. The van der Waals surface area contributed by atoms with Gasteiger partial charge in [-0.2, -0.15) is 0 Å². The van der Waals surface area contributed by atoms with Gasteiger partial charge in [-0.3, -0.25) is 14.4 Å². The number of nitrogens with one attached hydrogen (secondary N) is 1. The molecule has 1 saturated heterocycles. The van der Waals surface area contributed by atoms with Crippen molar-refractivity contribution < 1.29 is 28.6 Å². The summed E-state index contributed by atoms with van der Waals surface area (Å²) in [5.74, 6) is -0.540. The summed E-state index contributed by atoms with van der Waals surface area (Å²) in [6.07, 6.45) is 3.94. The van der Waals surface area contributed by atoms with Crippen LogP contribution in [0, 0.1) is 5.92 Å². The number of fused-ring (bicyclic) bond motifs is 6. The number of ketones is 2. The summed E-state index contributed by atoms with van der Waals surface area (Å²) in [6, 6.07) is 25.3. The lowest BCUT2D eigenvalue weighted by Crippen LogP contribution is -2.51. The van der Waals surface area contributed by atoms with E-state index >= 15 is 0 Å². The summed E-state index contributed by atoms with van der Waals surface area (Å²) >= 11 is 0. The van der Waals surface area contributed by atoms with Crippen molar-refractivity contribution in [3.05, 3.63) is 119 Å².